The van der Waals surface area contributed by atoms with Crippen molar-refractivity contribution in [1.82, 2.24) is 0 Å². The molecule has 0 aliphatic heterocycles. The Kier molecular flexibility index (Phi) is 5.56. The van der Waals surface area contributed by atoms with E-state index in [0.29, 0.717) is 6.42 Å². The molecule has 0 saturated carbocycles. The molecule has 2 aromatic carbocycles. The lowest BCUT2D eigenvalue weighted by molar-refractivity contribution is 0.0981. The van der Waals surface area contributed by atoms with E-state index in [1.165, 1.54) is 11.3 Å². The van der Waals surface area contributed by atoms with Gasteiger partial charge in [-0.15, -0.1) is 0 Å². The van der Waals surface area contributed by atoms with Gasteiger partial charge >= 0.3 is 0 Å². The van der Waals surface area contributed by atoms with Crippen LogP contribution in [0.5, 0.6) is 0 Å². The highest BCUT2D eigenvalue weighted by molar-refractivity contribution is 5.95. The van der Waals surface area contributed by atoms with Crippen molar-refractivity contribution >= 4 is 11.5 Å². The summed E-state index contributed by atoms with van der Waals surface area (Å²) in [6, 6.07) is 18.2. The second-order valence-electron chi connectivity index (χ2n) is 5.33. The van der Waals surface area contributed by atoms with Crippen LogP contribution in [-0.2, 0) is 6.42 Å². The predicted molar refractivity (Wildman–Crippen MR) is 89.1 cm³/mol. The summed E-state index contributed by atoms with van der Waals surface area (Å²) in [6.45, 7) is 3.05. The van der Waals surface area contributed by atoms with Crippen molar-refractivity contribution in [3.05, 3.63) is 65.7 Å². The molecule has 0 N–H and O–H groups in total. The third-order valence-corrected chi connectivity index (χ3v) is 3.78. The van der Waals surface area contributed by atoms with Crippen LogP contribution in [0.15, 0.2) is 54.6 Å². The molecule has 0 aliphatic carbocycles. The maximum atomic E-state index is 12.0. The van der Waals surface area contributed by atoms with Gasteiger partial charge in [-0.2, -0.15) is 0 Å². The molecule has 110 valence electrons. The van der Waals surface area contributed by atoms with Gasteiger partial charge < -0.3 is 4.90 Å². The fraction of sp³-hybridized carbons (Fsp3) is 0.316. The Morgan fingerprint density at radius 2 is 1.67 bits per heavy atom. The van der Waals surface area contributed by atoms with E-state index in [2.05, 4.69) is 43.1 Å². The molecule has 0 fully saturated rings. The molecule has 0 heterocycles. The van der Waals surface area contributed by atoms with Crippen LogP contribution in [0.1, 0.15) is 35.7 Å². The maximum absolute atomic E-state index is 12.0. The van der Waals surface area contributed by atoms with Crippen LogP contribution >= 0.6 is 0 Å². The summed E-state index contributed by atoms with van der Waals surface area (Å²) < 4.78 is 0. The van der Waals surface area contributed by atoms with Crippen molar-refractivity contribution in [2.75, 3.05) is 18.5 Å². The van der Waals surface area contributed by atoms with E-state index in [-0.39, 0.29) is 5.78 Å². The highest BCUT2D eigenvalue weighted by Gasteiger charge is 2.06. The number of Topliss-reactive ketones (excluding diaryl/α,β-unsaturated/α-hetero) is 1. The SMILES string of the molecule is CCc1ccc(N(C)CCCC(=O)c2ccccc2)cc1. The third kappa shape index (κ3) is 4.45. The molecule has 2 nitrogen and oxygen atoms in total. The van der Waals surface area contributed by atoms with E-state index in [9.17, 15) is 4.79 Å². The van der Waals surface area contributed by atoms with Gasteiger partial charge in [-0.3, -0.25) is 4.79 Å². The molecule has 0 bridgehead atoms. The number of nitrogens with zero attached hydrogens (tertiary/aromatic N) is 1. The van der Waals surface area contributed by atoms with E-state index in [0.717, 1.165) is 24.9 Å². The van der Waals surface area contributed by atoms with Crippen molar-refractivity contribution in [1.29, 1.82) is 0 Å². The molecule has 0 aliphatic rings. The summed E-state index contributed by atoms with van der Waals surface area (Å²) >= 11 is 0. The Morgan fingerprint density at radius 1 is 1.00 bits per heavy atom. The first-order valence-electron chi connectivity index (χ1n) is 7.59. The number of carbonyl (C=O) groups is 1. The monoisotopic (exact) mass is 281 g/mol. The zero-order valence-corrected chi connectivity index (χ0v) is 12.9. The molecule has 0 amide bonds. The number of aryl methyl sites for hydroxylation is 1. The van der Waals surface area contributed by atoms with Crippen molar-refractivity contribution in [2.24, 2.45) is 0 Å². The molecule has 0 spiro atoms. The van der Waals surface area contributed by atoms with Gasteiger partial charge in [-0.25, -0.2) is 0 Å². The Labute approximate surface area is 127 Å². The van der Waals surface area contributed by atoms with Crippen LogP contribution in [0.2, 0.25) is 0 Å². The van der Waals surface area contributed by atoms with Crippen LogP contribution < -0.4 is 4.90 Å². The minimum atomic E-state index is 0.227. The first-order chi connectivity index (χ1) is 10.2. The van der Waals surface area contributed by atoms with E-state index in [1.54, 1.807) is 0 Å². The Hall–Kier alpha value is -2.09. The average Bonchev–Trinajstić information content (AvgIpc) is 2.55. The van der Waals surface area contributed by atoms with Crippen LogP contribution in [-0.4, -0.2) is 19.4 Å². The topological polar surface area (TPSA) is 20.3 Å². The number of hydrogen-bond acceptors (Lipinski definition) is 2. The van der Waals surface area contributed by atoms with E-state index in [4.69, 9.17) is 0 Å². The summed E-state index contributed by atoms with van der Waals surface area (Å²) in [6.07, 6.45) is 2.54. The number of benzene rings is 2. The number of carbonyl (C=O) groups excluding carboxylic acids is 1. The summed E-state index contributed by atoms with van der Waals surface area (Å²) in [5, 5.41) is 0. The fourth-order valence-corrected chi connectivity index (χ4v) is 2.36. The molecule has 0 aromatic heterocycles. The highest BCUT2D eigenvalue weighted by atomic mass is 16.1. The predicted octanol–water partition coefficient (Wildman–Crippen LogP) is 4.35. The van der Waals surface area contributed by atoms with Crippen LogP contribution in [0.25, 0.3) is 0 Å². The molecule has 0 unspecified atom stereocenters. The van der Waals surface area contributed by atoms with Gasteiger partial charge in [0.1, 0.15) is 0 Å². The van der Waals surface area contributed by atoms with Gasteiger partial charge in [0, 0.05) is 31.3 Å². The van der Waals surface area contributed by atoms with Gasteiger partial charge in [0.15, 0.2) is 5.78 Å². The largest absolute Gasteiger partial charge is 0.375 e. The van der Waals surface area contributed by atoms with Crippen LogP contribution in [0.4, 0.5) is 5.69 Å². The van der Waals surface area contributed by atoms with Gasteiger partial charge in [-0.1, -0.05) is 49.4 Å². The molecule has 0 radical (unpaired) electrons. The lowest BCUT2D eigenvalue weighted by Gasteiger charge is -2.19. The van der Waals surface area contributed by atoms with E-state index in [1.807, 2.05) is 30.3 Å². The highest BCUT2D eigenvalue weighted by Crippen LogP contribution is 2.15. The van der Waals surface area contributed by atoms with Gasteiger partial charge in [-0.05, 0) is 30.5 Å². The molecule has 0 saturated heterocycles. The first-order valence-corrected chi connectivity index (χ1v) is 7.59. The molecule has 0 atom stereocenters. The van der Waals surface area contributed by atoms with Crippen LogP contribution in [0, 0.1) is 0 Å². The molecule has 2 heteroatoms. The minimum Gasteiger partial charge on any atom is -0.375 e. The summed E-state index contributed by atoms with van der Waals surface area (Å²) in [7, 11) is 2.08. The second kappa shape index (κ2) is 7.63. The number of rotatable bonds is 7. The Morgan fingerprint density at radius 3 is 2.29 bits per heavy atom. The molecule has 21 heavy (non-hydrogen) atoms. The Balaban J connectivity index is 1.81. The van der Waals surface area contributed by atoms with E-state index < -0.39 is 0 Å². The lowest BCUT2D eigenvalue weighted by Crippen LogP contribution is -2.19. The van der Waals surface area contributed by atoms with Gasteiger partial charge in [0.05, 0.1) is 0 Å². The van der Waals surface area contributed by atoms with Crippen molar-refractivity contribution in [3.63, 3.8) is 0 Å². The third-order valence-electron chi connectivity index (χ3n) is 3.78. The summed E-state index contributed by atoms with van der Waals surface area (Å²) in [5.41, 5.74) is 3.37. The number of anilines is 1. The summed E-state index contributed by atoms with van der Waals surface area (Å²) in [4.78, 5) is 14.2. The zero-order chi connectivity index (χ0) is 15.1. The second-order valence-corrected chi connectivity index (χ2v) is 5.33. The van der Waals surface area contributed by atoms with Crippen molar-refractivity contribution < 1.29 is 4.79 Å². The minimum absolute atomic E-state index is 0.227. The van der Waals surface area contributed by atoms with Gasteiger partial charge in [0.2, 0.25) is 0 Å². The smallest absolute Gasteiger partial charge is 0.162 e. The number of ketones is 1. The average molecular weight is 281 g/mol. The number of hydrogen-bond donors (Lipinski definition) is 0. The maximum Gasteiger partial charge on any atom is 0.162 e. The Bertz CT molecular complexity index is 560. The van der Waals surface area contributed by atoms with Crippen molar-refractivity contribution in [3.8, 4) is 0 Å². The van der Waals surface area contributed by atoms with E-state index >= 15 is 0 Å². The zero-order valence-electron chi connectivity index (χ0n) is 12.9. The molecular weight excluding hydrogens is 258 g/mol. The molecule has 2 rings (SSSR count). The quantitative estimate of drug-likeness (QED) is 0.703. The van der Waals surface area contributed by atoms with Crippen molar-refractivity contribution in [2.45, 2.75) is 26.2 Å². The summed E-state index contributed by atoms with van der Waals surface area (Å²) in [5.74, 6) is 0.227. The lowest BCUT2D eigenvalue weighted by atomic mass is 10.1. The van der Waals surface area contributed by atoms with Gasteiger partial charge in [0.25, 0.3) is 0 Å². The fourth-order valence-electron chi connectivity index (χ4n) is 2.36. The standard InChI is InChI=1S/C19H23NO/c1-3-16-11-13-18(14-12-16)20(2)15-7-10-19(21)17-8-5-4-6-9-17/h4-6,8-9,11-14H,3,7,10,15H2,1-2H3. The first kappa shape index (κ1) is 15.3. The molecular formula is C19H23NO. The normalized spacial score (nSPS) is 10.4. The van der Waals surface area contributed by atoms with Crippen LogP contribution in [0.3, 0.4) is 0 Å². The molecule has 2 aromatic rings.